The van der Waals surface area contributed by atoms with E-state index >= 15 is 0 Å². The van der Waals surface area contributed by atoms with Crippen LogP contribution in [0.15, 0.2) is 24.3 Å². The molecular weight excluding hydrogens is 196 g/mol. The fourth-order valence-electron chi connectivity index (χ4n) is 1.54. The molecule has 3 heteroatoms. The number of fused-ring (bicyclic) bond motifs is 1. The van der Waals surface area contributed by atoms with E-state index in [0.29, 0.717) is 6.54 Å². The van der Waals surface area contributed by atoms with E-state index < -0.39 is 0 Å². The second-order valence-corrected chi connectivity index (χ2v) is 3.73. The maximum absolute atomic E-state index is 5.91. The van der Waals surface area contributed by atoms with E-state index in [1.165, 1.54) is 0 Å². The molecule has 14 heavy (non-hydrogen) atoms. The lowest BCUT2D eigenvalue weighted by molar-refractivity contribution is 1.00. The van der Waals surface area contributed by atoms with Crippen LogP contribution in [0, 0.1) is 6.92 Å². The molecule has 2 rings (SSSR count). The Kier molecular flexibility index (Phi) is 2.40. The first-order valence-electron chi connectivity index (χ1n) is 4.46. The lowest BCUT2D eigenvalue weighted by Crippen LogP contribution is -2.00. The van der Waals surface area contributed by atoms with Crippen LogP contribution in [-0.2, 0) is 6.54 Å². The van der Waals surface area contributed by atoms with Crippen LogP contribution in [0.3, 0.4) is 0 Å². The van der Waals surface area contributed by atoms with Gasteiger partial charge < -0.3 is 5.73 Å². The smallest absolute Gasteiger partial charge is 0.0709 e. The van der Waals surface area contributed by atoms with Crippen LogP contribution in [-0.4, -0.2) is 4.98 Å². The number of halogens is 1. The number of aryl methyl sites for hydroxylation is 1. The molecule has 0 saturated carbocycles. The van der Waals surface area contributed by atoms with Crippen LogP contribution in [0.25, 0.3) is 10.9 Å². The van der Waals surface area contributed by atoms with Crippen LogP contribution in [0.5, 0.6) is 0 Å². The molecule has 0 unspecified atom stereocenters. The maximum atomic E-state index is 5.91. The third-order valence-corrected chi connectivity index (χ3v) is 2.47. The summed E-state index contributed by atoms with van der Waals surface area (Å²) < 4.78 is 0. The summed E-state index contributed by atoms with van der Waals surface area (Å²) in [6, 6.07) is 7.69. The highest BCUT2D eigenvalue weighted by Crippen LogP contribution is 2.21. The Bertz CT molecular complexity index is 480. The van der Waals surface area contributed by atoms with Gasteiger partial charge in [0, 0.05) is 17.0 Å². The lowest BCUT2D eigenvalue weighted by atomic mass is 10.1. The third kappa shape index (κ3) is 1.59. The standard InChI is InChI=1S/C11H11ClN2/c1-7-4-9(6-13)14-11-3-2-8(12)5-10(7)11/h2-5H,6,13H2,1H3. The van der Waals surface area contributed by atoms with Crippen LogP contribution in [0.2, 0.25) is 5.02 Å². The van der Waals surface area contributed by atoms with Crippen LogP contribution in [0.1, 0.15) is 11.3 Å². The second kappa shape index (κ2) is 3.56. The van der Waals surface area contributed by atoms with Gasteiger partial charge in [0.2, 0.25) is 0 Å². The van der Waals surface area contributed by atoms with Crippen molar-refractivity contribution in [1.29, 1.82) is 0 Å². The first-order valence-corrected chi connectivity index (χ1v) is 4.84. The van der Waals surface area contributed by atoms with Gasteiger partial charge in [-0.05, 0) is 36.8 Å². The highest BCUT2D eigenvalue weighted by atomic mass is 35.5. The van der Waals surface area contributed by atoms with Crippen molar-refractivity contribution in [3.05, 3.63) is 40.5 Å². The molecule has 1 aromatic heterocycles. The minimum absolute atomic E-state index is 0.472. The van der Waals surface area contributed by atoms with Crippen molar-refractivity contribution < 1.29 is 0 Å². The van der Waals surface area contributed by atoms with Gasteiger partial charge in [0.25, 0.3) is 0 Å². The Labute approximate surface area is 87.7 Å². The molecule has 72 valence electrons. The maximum Gasteiger partial charge on any atom is 0.0709 e. The number of benzene rings is 1. The van der Waals surface area contributed by atoms with Gasteiger partial charge in [-0.25, -0.2) is 0 Å². The summed E-state index contributed by atoms with van der Waals surface area (Å²) >= 11 is 5.91. The molecule has 1 heterocycles. The summed E-state index contributed by atoms with van der Waals surface area (Å²) in [5, 5.41) is 1.83. The Balaban J connectivity index is 2.76. The fourth-order valence-corrected chi connectivity index (χ4v) is 1.71. The molecule has 0 aliphatic carbocycles. The van der Waals surface area contributed by atoms with E-state index in [1.807, 2.05) is 31.2 Å². The Hall–Kier alpha value is -1.12. The first-order chi connectivity index (χ1) is 6.70. The van der Waals surface area contributed by atoms with Crippen molar-refractivity contribution in [2.75, 3.05) is 0 Å². The number of aromatic nitrogens is 1. The van der Waals surface area contributed by atoms with Crippen molar-refractivity contribution in [2.24, 2.45) is 5.73 Å². The molecule has 0 fully saturated rings. The van der Waals surface area contributed by atoms with E-state index in [1.54, 1.807) is 0 Å². The normalized spacial score (nSPS) is 10.8. The molecule has 0 atom stereocenters. The second-order valence-electron chi connectivity index (χ2n) is 3.30. The minimum Gasteiger partial charge on any atom is -0.325 e. The number of pyridine rings is 1. The fraction of sp³-hybridized carbons (Fsp3) is 0.182. The van der Waals surface area contributed by atoms with Crippen LogP contribution >= 0.6 is 11.6 Å². The Morgan fingerprint density at radius 3 is 2.86 bits per heavy atom. The van der Waals surface area contributed by atoms with Crippen molar-refractivity contribution >= 4 is 22.5 Å². The molecular formula is C11H11ClN2. The Morgan fingerprint density at radius 2 is 2.14 bits per heavy atom. The number of nitrogens with zero attached hydrogens (tertiary/aromatic N) is 1. The molecule has 2 N–H and O–H groups in total. The topological polar surface area (TPSA) is 38.9 Å². The average molecular weight is 207 g/mol. The zero-order valence-electron chi connectivity index (χ0n) is 7.92. The zero-order chi connectivity index (χ0) is 10.1. The highest BCUT2D eigenvalue weighted by molar-refractivity contribution is 6.31. The molecule has 0 aliphatic heterocycles. The van der Waals surface area contributed by atoms with Crippen molar-refractivity contribution in [2.45, 2.75) is 13.5 Å². The van der Waals surface area contributed by atoms with Crippen LogP contribution < -0.4 is 5.73 Å². The van der Waals surface area contributed by atoms with E-state index in [-0.39, 0.29) is 0 Å². The third-order valence-electron chi connectivity index (χ3n) is 2.24. The minimum atomic E-state index is 0.472. The molecule has 0 aliphatic rings. The number of nitrogens with two attached hydrogens (primary N) is 1. The van der Waals surface area contributed by atoms with Gasteiger partial charge in [-0.1, -0.05) is 11.6 Å². The SMILES string of the molecule is Cc1cc(CN)nc2ccc(Cl)cc12. The molecule has 0 bridgehead atoms. The molecule has 2 aromatic rings. The largest absolute Gasteiger partial charge is 0.325 e. The van der Waals surface area contributed by atoms with Gasteiger partial charge in [-0.2, -0.15) is 0 Å². The molecule has 2 nitrogen and oxygen atoms in total. The van der Waals surface area contributed by atoms with Gasteiger partial charge in [-0.15, -0.1) is 0 Å². The molecule has 0 radical (unpaired) electrons. The molecule has 0 spiro atoms. The van der Waals surface area contributed by atoms with Crippen LogP contribution in [0.4, 0.5) is 0 Å². The summed E-state index contributed by atoms with van der Waals surface area (Å²) in [6.45, 7) is 2.51. The van der Waals surface area contributed by atoms with Crippen molar-refractivity contribution in [3.8, 4) is 0 Å². The molecule has 1 aromatic carbocycles. The number of hydrogen-bond acceptors (Lipinski definition) is 2. The number of rotatable bonds is 1. The molecule has 0 amide bonds. The van der Waals surface area contributed by atoms with E-state index in [2.05, 4.69) is 4.98 Å². The summed E-state index contributed by atoms with van der Waals surface area (Å²) in [7, 11) is 0. The van der Waals surface area contributed by atoms with Crippen molar-refractivity contribution in [3.63, 3.8) is 0 Å². The summed E-state index contributed by atoms with van der Waals surface area (Å²) in [5.41, 5.74) is 8.58. The van der Waals surface area contributed by atoms with Gasteiger partial charge >= 0.3 is 0 Å². The summed E-state index contributed by atoms with van der Waals surface area (Å²) in [5.74, 6) is 0. The monoisotopic (exact) mass is 206 g/mol. The van der Waals surface area contributed by atoms with Crippen molar-refractivity contribution in [1.82, 2.24) is 4.98 Å². The predicted molar refractivity (Wildman–Crippen MR) is 59.4 cm³/mol. The van der Waals surface area contributed by atoms with E-state index in [9.17, 15) is 0 Å². The number of hydrogen-bond donors (Lipinski definition) is 1. The predicted octanol–water partition coefficient (Wildman–Crippen LogP) is 2.66. The van der Waals surface area contributed by atoms with E-state index in [0.717, 1.165) is 27.2 Å². The van der Waals surface area contributed by atoms with Gasteiger partial charge in [0.1, 0.15) is 0 Å². The van der Waals surface area contributed by atoms with Gasteiger partial charge in [0.05, 0.1) is 11.2 Å². The van der Waals surface area contributed by atoms with E-state index in [4.69, 9.17) is 17.3 Å². The summed E-state index contributed by atoms with van der Waals surface area (Å²) in [6.07, 6.45) is 0. The Morgan fingerprint density at radius 1 is 1.36 bits per heavy atom. The lowest BCUT2D eigenvalue weighted by Gasteiger charge is -2.04. The average Bonchev–Trinajstić information content (AvgIpc) is 2.19. The summed E-state index contributed by atoms with van der Waals surface area (Å²) in [4.78, 5) is 4.41. The van der Waals surface area contributed by atoms with Gasteiger partial charge in [0.15, 0.2) is 0 Å². The zero-order valence-corrected chi connectivity index (χ0v) is 8.67. The highest BCUT2D eigenvalue weighted by Gasteiger charge is 2.01. The quantitative estimate of drug-likeness (QED) is 0.779. The first kappa shape index (κ1) is 9.44. The molecule has 0 saturated heterocycles. The van der Waals surface area contributed by atoms with Gasteiger partial charge in [-0.3, -0.25) is 4.98 Å².